The average Bonchev–Trinajstić information content (AvgIpc) is 3.41. The van der Waals surface area contributed by atoms with E-state index in [-0.39, 0.29) is 17.7 Å². The Bertz CT molecular complexity index is 713. The van der Waals surface area contributed by atoms with Crippen molar-refractivity contribution in [3.05, 3.63) is 22.5 Å². The third kappa shape index (κ3) is 4.29. The van der Waals surface area contributed by atoms with E-state index in [1.165, 1.54) is 0 Å². The maximum absolute atomic E-state index is 12.5. The smallest absolute Gasteiger partial charge is 0.246 e. The normalized spacial score (nSPS) is 18.2. The minimum absolute atomic E-state index is 0.0457. The minimum atomic E-state index is -0.0457. The largest absolute Gasteiger partial charge is 0.339 e. The van der Waals surface area contributed by atoms with Crippen LogP contribution in [-0.2, 0) is 16.1 Å². The number of aryl methyl sites for hydroxylation is 1. The molecule has 0 atom stereocenters. The molecule has 1 saturated carbocycles. The van der Waals surface area contributed by atoms with Crippen LogP contribution in [0.3, 0.4) is 0 Å². The fraction of sp³-hybridized carbons (Fsp3) is 0.632. The Kier molecular flexibility index (Phi) is 5.70. The molecule has 0 aromatic carbocycles. The standard InChI is InChI=1S/C19H27ClN4O2/c1-13(2)12-24-18(20)16(14(3)21-24)6-7-17(25)22-8-10-23(11-9-22)19(26)15-4-5-15/h6-7,13,15H,4-5,8-12H2,1-3H3. The molecule has 26 heavy (non-hydrogen) atoms. The van der Waals surface area contributed by atoms with Gasteiger partial charge in [-0.15, -0.1) is 0 Å². The summed E-state index contributed by atoms with van der Waals surface area (Å²) in [5.74, 6) is 0.896. The van der Waals surface area contributed by atoms with Gasteiger partial charge < -0.3 is 9.80 Å². The number of piperazine rings is 1. The molecule has 0 N–H and O–H groups in total. The summed E-state index contributed by atoms with van der Waals surface area (Å²) in [6.45, 7) is 9.29. The first-order chi connectivity index (χ1) is 12.4. The van der Waals surface area contributed by atoms with E-state index in [2.05, 4.69) is 18.9 Å². The predicted octanol–water partition coefficient (Wildman–Crippen LogP) is 2.59. The van der Waals surface area contributed by atoms with E-state index in [0.717, 1.165) is 30.6 Å². The van der Waals surface area contributed by atoms with Crippen molar-refractivity contribution in [1.29, 1.82) is 0 Å². The van der Waals surface area contributed by atoms with Gasteiger partial charge in [0.1, 0.15) is 5.15 Å². The second-order valence-electron chi connectivity index (χ2n) is 7.62. The highest BCUT2D eigenvalue weighted by Gasteiger charge is 2.34. The summed E-state index contributed by atoms with van der Waals surface area (Å²) in [6.07, 6.45) is 5.36. The molecule has 6 nitrogen and oxygen atoms in total. The van der Waals surface area contributed by atoms with E-state index >= 15 is 0 Å². The van der Waals surface area contributed by atoms with Crippen LogP contribution >= 0.6 is 11.6 Å². The molecule has 0 radical (unpaired) electrons. The Hall–Kier alpha value is -1.82. The summed E-state index contributed by atoms with van der Waals surface area (Å²) < 4.78 is 1.79. The van der Waals surface area contributed by atoms with Crippen molar-refractivity contribution in [2.24, 2.45) is 11.8 Å². The summed E-state index contributed by atoms with van der Waals surface area (Å²) in [7, 11) is 0. The fourth-order valence-corrected chi connectivity index (χ4v) is 3.53. The Morgan fingerprint density at radius 3 is 2.38 bits per heavy atom. The quantitative estimate of drug-likeness (QED) is 0.740. The highest BCUT2D eigenvalue weighted by molar-refractivity contribution is 6.31. The molecule has 2 fully saturated rings. The number of rotatable bonds is 5. The molecule has 7 heteroatoms. The van der Waals surface area contributed by atoms with E-state index < -0.39 is 0 Å². The molecule has 1 aliphatic carbocycles. The lowest BCUT2D eigenvalue weighted by Crippen LogP contribution is -2.50. The third-order valence-corrected chi connectivity index (χ3v) is 5.27. The molecule has 0 unspecified atom stereocenters. The minimum Gasteiger partial charge on any atom is -0.339 e. The molecule has 0 bridgehead atoms. The van der Waals surface area contributed by atoms with Gasteiger partial charge in [0.2, 0.25) is 11.8 Å². The highest BCUT2D eigenvalue weighted by Crippen LogP contribution is 2.31. The maximum Gasteiger partial charge on any atom is 0.246 e. The number of nitrogens with zero attached hydrogens (tertiary/aromatic N) is 4. The Morgan fingerprint density at radius 1 is 1.19 bits per heavy atom. The van der Waals surface area contributed by atoms with E-state index in [4.69, 9.17) is 11.6 Å². The van der Waals surface area contributed by atoms with Crippen LogP contribution in [0, 0.1) is 18.8 Å². The molecule has 142 valence electrons. The number of carbonyl (C=O) groups is 2. The molecule has 1 aliphatic heterocycles. The average molecular weight is 379 g/mol. The molecule has 1 aromatic rings. The molecule has 2 aliphatic rings. The lowest BCUT2D eigenvalue weighted by atomic mass is 10.2. The van der Waals surface area contributed by atoms with Crippen molar-refractivity contribution in [2.45, 2.75) is 40.2 Å². The Morgan fingerprint density at radius 2 is 1.81 bits per heavy atom. The highest BCUT2D eigenvalue weighted by atomic mass is 35.5. The topological polar surface area (TPSA) is 58.4 Å². The summed E-state index contributed by atoms with van der Waals surface area (Å²) in [5.41, 5.74) is 1.61. The fourth-order valence-electron chi connectivity index (χ4n) is 3.22. The molecular weight excluding hydrogens is 352 g/mol. The van der Waals surface area contributed by atoms with Crippen LogP contribution < -0.4 is 0 Å². The number of amides is 2. The molecule has 3 rings (SSSR count). The summed E-state index contributed by atoms with van der Waals surface area (Å²) in [4.78, 5) is 28.2. The van der Waals surface area contributed by atoms with Crippen molar-refractivity contribution in [3.8, 4) is 0 Å². The van der Waals surface area contributed by atoms with Crippen LogP contribution in [-0.4, -0.2) is 57.6 Å². The molecule has 2 heterocycles. The van der Waals surface area contributed by atoms with Crippen molar-refractivity contribution < 1.29 is 9.59 Å². The number of halogens is 1. The first kappa shape index (κ1) is 19.0. The zero-order valence-electron chi connectivity index (χ0n) is 15.7. The van der Waals surface area contributed by atoms with E-state index in [9.17, 15) is 9.59 Å². The maximum atomic E-state index is 12.5. The second kappa shape index (κ2) is 7.82. The van der Waals surface area contributed by atoms with Gasteiger partial charge in [-0.2, -0.15) is 5.10 Å². The molecule has 2 amide bonds. The van der Waals surface area contributed by atoms with Crippen LogP contribution in [0.5, 0.6) is 0 Å². The van der Waals surface area contributed by atoms with Crippen LogP contribution in [0.2, 0.25) is 5.15 Å². The van der Waals surface area contributed by atoms with Gasteiger partial charge in [-0.05, 0) is 31.8 Å². The van der Waals surface area contributed by atoms with E-state index in [0.29, 0.717) is 37.3 Å². The van der Waals surface area contributed by atoms with Gasteiger partial charge in [0, 0.05) is 50.3 Å². The van der Waals surface area contributed by atoms with Crippen molar-refractivity contribution >= 4 is 29.5 Å². The number of aromatic nitrogens is 2. The zero-order valence-corrected chi connectivity index (χ0v) is 16.5. The lowest BCUT2D eigenvalue weighted by Gasteiger charge is -2.34. The van der Waals surface area contributed by atoms with Crippen LogP contribution in [0.15, 0.2) is 6.08 Å². The van der Waals surface area contributed by atoms with Crippen LogP contribution in [0.4, 0.5) is 0 Å². The lowest BCUT2D eigenvalue weighted by molar-refractivity contribution is -0.138. The van der Waals surface area contributed by atoms with Gasteiger partial charge in [0.25, 0.3) is 0 Å². The van der Waals surface area contributed by atoms with Gasteiger partial charge in [-0.25, -0.2) is 0 Å². The monoisotopic (exact) mass is 378 g/mol. The van der Waals surface area contributed by atoms with E-state index in [1.807, 2.05) is 11.8 Å². The SMILES string of the molecule is Cc1nn(CC(C)C)c(Cl)c1C=CC(=O)N1CCN(C(=O)C2CC2)CC1. The third-order valence-electron chi connectivity index (χ3n) is 4.87. The number of hydrogen-bond acceptors (Lipinski definition) is 3. The molecule has 1 saturated heterocycles. The van der Waals surface area contributed by atoms with Gasteiger partial charge >= 0.3 is 0 Å². The van der Waals surface area contributed by atoms with Gasteiger partial charge in [-0.3, -0.25) is 14.3 Å². The van der Waals surface area contributed by atoms with Crippen LogP contribution in [0.25, 0.3) is 6.08 Å². The zero-order chi connectivity index (χ0) is 18.8. The van der Waals surface area contributed by atoms with Crippen LogP contribution in [0.1, 0.15) is 37.9 Å². The van der Waals surface area contributed by atoms with E-state index in [1.54, 1.807) is 21.7 Å². The summed E-state index contributed by atoms with van der Waals surface area (Å²) in [5, 5.41) is 5.03. The first-order valence-corrected chi connectivity index (χ1v) is 9.73. The second-order valence-corrected chi connectivity index (χ2v) is 7.98. The van der Waals surface area contributed by atoms with Gasteiger partial charge in [-0.1, -0.05) is 25.4 Å². The van der Waals surface area contributed by atoms with Gasteiger partial charge in [0.15, 0.2) is 0 Å². The molecule has 0 spiro atoms. The summed E-state index contributed by atoms with van der Waals surface area (Å²) in [6, 6.07) is 0. The Labute approximate surface area is 159 Å². The summed E-state index contributed by atoms with van der Waals surface area (Å²) >= 11 is 6.41. The predicted molar refractivity (Wildman–Crippen MR) is 102 cm³/mol. The first-order valence-electron chi connectivity index (χ1n) is 9.35. The molecular formula is C19H27ClN4O2. The van der Waals surface area contributed by atoms with Crippen molar-refractivity contribution in [3.63, 3.8) is 0 Å². The van der Waals surface area contributed by atoms with Crippen molar-refractivity contribution in [1.82, 2.24) is 19.6 Å². The number of hydrogen-bond donors (Lipinski definition) is 0. The number of carbonyl (C=O) groups excluding carboxylic acids is 2. The van der Waals surface area contributed by atoms with Crippen molar-refractivity contribution in [2.75, 3.05) is 26.2 Å². The Balaban J connectivity index is 1.58. The molecule has 1 aromatic heterocycles. The van der Waals surface area contributed by atoms with Gasteiger partial charge in [0.05, 0.1) is 5.69 Å².